The second kappa shape index (κ2) is 7.81. The Bertz CT molecular complexity index is 652. The predicted octanol–water partition coefficient (Wildman–Crippen LogP) is 4.27. The van der Waals surface area contributed by atoms with E-state index in [0.717, 1.165) is 18.6 Å². The molecule has 24 heavy (non-hydrogen) atoms. The van der Waals surface area contributed by atoms with Crippen LogP contribution in [0, 0.1) is 6.92 Å². The van der Waals surface area contributed by atoms with Gasteiger partial charge in [0.1, 0.15) is 0 Å². The van der Waals surface area contributed by atoms with Gasteiger partial charge in [-0.3, -0.25) is 0 Å². The van der Waals surface area contributed by atoms with Crippen LogP contribution >= 0.6 is 0 Å². The van der Waals surface area contributed by atoms with Gasteiger partial charge in [0.2, 0.25) is 0 Å². The molecule has 0 fully saturated rings. The lowest BCUT2D eigenvalue weighted by Crippen LogP contribution is -2.32. The molecule has 0 heterocycles. The Morgan fingerprint density at radius 1 is 1.08 bits per heavy atom. The van der Waals surface area contributed by atoms with E-state index in [-0.39, 0.29) is 18.2 Å². The first-order valence-electron chi connectivity index (χ1n) is 7.90. The summed E-state index contributed by atoms with van der Waals surface area (Å²) in [5.41, 5.74) is 1.89. The fourth-order valence-corrected chi connectivity index (χ4v) is 2.50. The highest BCUT2D eigenvalue weighted by molar-refractivity contribution is 5.27. The minimum absolute atomic E-state index is 0.105. The second-order valence-corrected chi connectivity index (χ2v) is 6.14. The minimum Gasteiger partial charge on any atom is -0.387 e. The lowest BCUT2D eigenvalue weighted by molar-refractivity contribution is -0.137. The highest BCUT2D eigenvalue weighted by atomic mass is 19.4. The fourth-order valence-electron chi connectivity index (χ4n) is 2.50. The molecule has 2 rings (SSSR count). The minimum atomic E-state index is -4.40. The molecule has 2 atom stereocenters. The van der Waals surface area contributed by atoms with Crippen molar-refractivity contribution in [2.24, 2.45) is 0 Å². The van der Waals surface area contributed by atoms with E-state index in [1.54, 1.807) is 0 Å². The van der Waals surface area contributed by atoms with Crippen LogP contribution in [0.5, 0.6) is 0 Å². The van der Waals surface area contributed by atoms with Crippen LogP contribution in [-0.4, -0.2) is 17.7 Å². The van der Waals surface area contributed by atoms with Crippen LogP contribution in [0.1, 0.15) is 35.3 Å². The molecule has 0 unspecified atom stereocenters. The lowest BCUT2D eigenvalue weighted by atomic mass is 10.0. The van der Waals surface area contributed by atoms with Gasteiger partial charge in [-0.15, -0.1) is 0 Å². The Hall–Kier alpha value is -1.85. The van der Waals surface area contributed by atoms with Gasteiger partial charge in [0, 0.05) is 12.6 Å². The topological polar surface area (TPSA) is 32.3 Å². The summed E-state index contributed by atoms with van der Waals surface area (Å²) in [6.45, 7) is 4.21. The number of alkyl halides is 3. The molecule has 2 N–H and O–H groups in total. The summed E-state index contributed by atoms with van der Waals surface area (Å²) in [6, 6.07) is 13.1. The van der Waals surface area contributed by atoms with Gasteiger partial charge in [-0.1, -0.05) is 42.0 Å². The Morgan fingerprint density at radius 3 is 2.38 bits per heavy atom. The van der Waals surface area contributed by atoms with Gasteiger partial charge in [-0.05, 0) is 43.5 Å². The number of hydrogen-bond donors (Lipinski definition) is 2. The van der Waals surface area contributed by atoms with Crippen LogP contribution in [0.25, 0.3) is 0 Å². The Kier molecular flexibility index (Phi) is 6.02. The molecule has 5 heteroatoms. The van der Waals surface area contributed by atoms with Gasteiger partial charge in [0.25, 0.3) is 0 Å². The van der Waals surface area contributed by atoms with Crippen molar-refractivity contribution in [3.8, 4) is 0 Å². The van der Waals surface area contributed by atoms with Crippen molar-refractivity contribution in [2.45, 2.75) is 38.6 Å². The normalized spacial score (nSPS) is 14.4. The molecule has 0 saturated carbocycles. The van der Waals surface area contributed by atoms with Crippen molar-refractivity contribution in [2.75, 3.05) is 6.54 Å². The van der Waals surface area contributed by atoms with E-state index in [9.17, 15) is 18.3 Å². The van der Waals surface area contributed by atoms with Crippen LogP contribution in [0.2, 0.25) is 0 Å². The van der Waals surface area contributed by atoms with Crippen LogP contribution in [-0.2, 0) is 12.6 Å². The van der Waals surface area contributed by atoms with Crippen molar-refractivity contribution in [3.63, 3.8) is 0 Å². The zero-order valence-corrected chi connectivity index (χ0v) is 13.8. The Balaban J connectivity index is 1.90. The number of aryl methyl sites for hydroxylation is 1. The number of aliphatic hydroxyl groups is 1. The standard InChI is InChI=1S/C19H22F3NO/c1-13-6-8-15(9-7-13)10-14(2)23-12-18(24)16-4-3-5-17(11-16)19(20,21)22/h3-9,11,14,18,23-24H,10,12H2,1-2H3/t14-,18-/m0/s1. The molecule has 0 saturated heterocycles. The summed E-state index contributed by atoms with van der Waals surface area (Å²) in [5.74, 6) is 0. The number of rotatable bonds is 6. The summed E-state index contributed by atoms with van der Waals surface area (Å²) in [4.78, 5) is 0. The van der Waals surface area contributed by atoms with Crippen molar-refractivity contribution in [1.29, 1.82) is 0 Å². The molecule has 0 spiro atoms. The number of benzene rings is 2. The molecule has 0 aliphatic carbocycles. The largest absolute Gasteiger partial charge is 0.416 e. The molecule has 0 aliphatic heterocycles. The molecule has 0 aliphatic rings. The highest BCUT2D eigenvalue weighted by Crippen LogP contribution is 2.30. The summed E-state index contributed by atoms with van der Waals surface area (Å²) in [6.07, 6.45) is -4.59. The zero-order chi connectivity index (χ0) is 17.7. The second-order valence-electron chi connectivity index (χ2n) is 6.14. The average molecular weight is 337 g/mol. The van der Waals surface area contributed by atoms with Gasteiger partial charge in [0.15, 0.2) is 0 Å². The first kappa shape index (κ1) is 18.5. The van der Waals surface area contributed by atoms with Gasteiger partial charge < -0.3 is 10.4 Å². The number of aliphatic hydroxyl groups excluding tert-OH is 1. The van der Waals surface area contributed by atoms with E-state index in [1.165, 1.54) is 23.3 Å². The summed E-state index contributed by atoms with van der Waals surface area (Å²) < 4.78 is 38.2. The molecule has 0 amide bonds. The van der Waals surface area contributed by atoms with Gasteiger partial charge >= 0.3 is 6.18 Å². The van der Waals surface area contributed by atoms with E-state index in [0.29, 0.717) is 0 Å². The molecular weight excluding hydrogens is 315 g/mol. The Labute approximate surface area is 140 Å². The van der Waals surface area contributed by atoms with Crippen molar-refractivity contribution in [3.05, 3.63) is 70.8 Å². The van der Waals surface area contributed by atoms with E-state index >= 15 is 0 Å². The maximum absolute atomic E-state index is 12.7. The summed E-state index contributed by atoms with van der Waals surface area (Å²) in [7, 11) is 0. The molecule has 130 valence electrons. The maximum atomic E-state index is 12.7. The van der Waals surface area contributed by atoms with Gasteiger partial charge in [-0.25, -0.2) is 0 Å². The summed E-state index contributed by atoms with van der Waals surface area (Å²) >= 11 is 0. The van der Waals surface area contributed by atoms with Gasteiger partial charge in [0.05, 0.1) is 11.7 Å². The van der Waals surface area contributed by atoms with E-state index in [1.807, 2.05) is 26.0 Å². The molecule has 2 aromatic carbocycles. The SMILES string of the molecule is Cc1ccc(C[C@H](C)NC[C@H](O)c2cccc(C(F)(F)F)c2)cc1. The van der Waals surface area contributed by atoms with Gasteiger partial charge in [-0.2, -0.15) is 13.2 Å². The molecular formula is C19H22F3NO. The molecule has 2 aromatic rings. The van der Waals surface area contributed by atoms with E-state index in [2.05, 4.69) is 17.4 Å². The highest BCUT2D eigenvalue weighted by Gasteiger charge is 2.30. The lowest BCUT2D eigenvalue weighted by Gasteiger charge is -2.18. The van der Waals surface area contributed by atoms with Crippen LogP contribution in [0.4, 0.5) is 13.2 Å². The Morgan fingerprint density at radius 2 is 1.75 bits per heavy atom. The summed E-state index contributed by atoms with van der Waals surface area (Å²) in [5, 5.41) is 13.3. The molecule has 0 aromatic heterocycles. The average Bonchev–Trinajstić information content (AvgIpc) is 2.54. The molecule has 0 radical (unpaired) electrons. The number of halogens is 3. The smallest absolute Gasteiger partial charge is 0.387 e. The third-order valence-electron chi connectivity index (χ3n) is 3.92. The zero-order valence-electron chi connectivity index (χ0n) is 13.8. The van der Waals surface area contributed by atoms with Crippen molar-refractivity contribution >= 4 is 0 Å². The fraction of sp³-hybridized carbons (Fsp3) is 0.368. The van der Waals surface area contributed by atoms with Crippen LogP contribution in [0.3, 0.4) is 0 Å². The first-order chi connectivity index (χ1) is 11.3. The third-order valence-corrected chi connectivity index (χ3v) is 3.92. The quantitative estimate of drug-likeness (QED) is 0.825. The maximum Gasteiger partial charge on any atom is 0.416 e. The molecule has 2 nitrogen and oxygen atoms in total. The van der Waals surface area contributed by atoms with Crippen molar-refractivity contribution < 1.29 is 18.3 Å². The van der Waals surface area contributed by atoms with E-state index in [4.69, 9.17) is 0 Å². The van der Waals surface area contributed by atoms with E-state index < -0.39 is 17.8 Å². The van der Waals surface area contributed by atoms with Crippen molar-refractivity contribution in [1.82, 2.24) is 5.32 Å². The first-order valence-corrected chi connectivity index (χ1v) is 7.90. The number of hydrogen-bond acceptors (Lipinski definition) is 2. The third kappa shape index (κ3) is 5.35. The van der Waals surface area contributed by atoms with Crippen LogP contribution in [0.15, 0.2) is 48.5 Å². The number of nitrogens with one attached hydrogen (secondary N) is 1. The van der Waals surface area contributed by atoms with Crippen LogP contribution < -0.4 is 5.32 Å². The molecule has 0 bridgehead atoms. The monoisotopic (exact) mass is 337 g/mol. The predicted molar refractivity (Wildman–Crippen MR) is 88.8 cm³/mol.